The predicted molar refractivity (Wildman–Crippen MR) is 73.4 cm³/mol. The van der Waals surface area contributed by atoms with Gasteiger partial charge in [-0.15, -0.1) is 10.2 Å². The van der Waals surface area contributed by atoms with E-state index < -0.39 is 5.82 Å². The molecule has 0 N–H and O–H groups in total. The highest BCUT2D eigenvalue weighted by molar-refractivity contribution is 7.13. The summed E-state index contributed by atoms with van der Waals surface area (Å²) in [4.78, 5) is 12.7. The van der Waals surface area contributed by atoms with Gasteiger partial charge in [0.15, 0.2) is 5.82 Å². The topological polar surface area (TPSA) is 58.0 Å². The van der Waals surface area contributed by atoms with Crippen LogP contribution in [0.4, 0.5) is 15.5 Å². The Balaban J connectivity index is 1.58. The lowest BCUT2D eigenvalue weighted by Gasteiger charge is -2.24. The third-order valence-electron chi connectivity index (χ3n) is 4.03. The highest BCUT2D eigenvalue weighted by atomic mass is 32.1. The quantitative estimate of drug-likeness (QED) is 0.832. The summed E-state index contributed by atoms with van der Waals surface area (Å²) in [5.74, 6) is 0.226. The predicted octanol–water partition coefficient (Wildman–Crippen LogP) is 1.32. The first-order valence-electron chi connectivity index (χ1n) is 6.60. The van der Waals surface area contributed by atoms with Crippen molar-refractivity contribution < 1.29 is 4.39 Å². The van der Waals surface area contributed by atoms with E-state index in [9.17, 15) is 4.39 Å². The van der Waals surface area contributed by atoms with Crippen LogP contribution in [0, 0.1) is 5.82 Å². The van der Waals surface area contributed by atoms with Gasteiger partial charge in [-0.2, -0.15) is 0 Å². The maximum atomic E-state index is 12.9. The van der Waals surface area contributed by atoms with Crippen molar-refractivity contribution in [2.24, 2.45) is 0 Å². The second kappa shape index (κ2) is 4.62. The van der Waals surface area contributed by atoms with Gasteiger partial charge in [-0.3, -0.25) is 0 Å². The van der Waals surface area contributed by atoms with Crippen LogP contribution < -0.4 is 9.80 Å². The number of aromatic nitrogens is 4. The minimum absolute atomic E-state index is 0.379. The Labute approximate surface area is 119 Å². The third kappa shape index (κ3) is 1.82. The van der Waals surface area contributed by atoms with Crippen LogP contribution in [0.15, 0.2) is 17.9 Å². The summed E-state index contributed by atoms with van der Waals surface area (Å²) in [5.41, 5.74) is 1.76. The fourth-order valence-electron chi connectivity index (χ4n) is 3.22. The summed E-state index contributed by atoms with van der Waals surface area (Å²) in [6.07, 6.45) is 4.55. The van der Waals surface area contributed by atoms with E-state index in [2.05, 4.69) is 30.0 Å². The van der Waals surface area contributed by atoms with Crippen LogP contribution in [-0.4, -0.2) is 45.3 Å². The number of nitrogens with zero attached hydrogens (tertiary/aromatic N) is 6. The molecule has 0 bridgehead atoms. The fraction of sp³-hybridized carbons (Fsp3) is 0.500. The number of hydrogen-bond donors (Lipinski definition) is 0. The molecule has 6 nitrogen and oxygen atoms in total. The number of rotatable bonds is 2. The number of fused-ring (bicyclic) bond motifs is 1. The molecule has 0 amide bonds. The molecule has 2 aromatic heterocycles. The van der Waals surface area contributed by atoms with Gasteiger partial charge in [0.05, 0.1) is 24.5 Å². The Morgan fingerprint density at radius 3 is 2.50 bits per heavy atom. The van der Waals surface area contributed by atoms with Crippen LogP contribution in [0.5, 0.6) is 0 Å². The van der Waals surface area contributed by atoms with Crippen molar-refractivity contribution in [1.29, 1.82) is 0 Å². The Hall–Kier alpha value is -1.83. The van der Waals surface area contributed by atoms with E-state index in [-0.39, 0.29) is 0 Å². The molecular formula is C12H13FN6S. The molecule has 2 fully saturated rings. The molecule has 0 unspecified atom stereocenters. The smallest absolute Gasteiger partial charge is 0.225 e. The molecule has 2 aliphatic rings. The number of hydrogen-bond acceptors (Lipinski definition) is 7. The zero-order valence-electron chi connectivity index (χ0n) is 10.7. The van der Waals surface area contributed by atoms with E-state index in [1.54, 1.807) is 16.8 Å². The van der Waals surface area contributed by atoms with Gasteiger partial charge in [-0.25, -0.2) is 14.4 Å². The van der Waals surface area contributed by atoms with Gasteiger partial charge in [-0.1, -0.05) is 11.3 Å². The Bertz CT molecular complexity index is 589. The minimum atomic E-state index is -0.397. The van der Waals surface area contributed by atoms with Gasteiger partial charge in [0.25, 0.3) is 0 Å². The number of anilines is 2. The summed E-state index contributed by atoms with van der Waals surface area (Å²) in [6.45, 7) is 1.87. The highest BCUT2D eigenvalue weighted by Gasteiger charge is 2.44. The van der Waals surface area contributed by atoms with Gasteiger partial charge in [0.1, 0.15) is 5.51 Å². The van der Waals surface area contributed by atoms with Crippen molar-refractivity contribution in [3.05, 3.63) is 23.7 Å². The average Bonchev–Trinajstić information content (AvgIpc) is 3.16. The standard InChI is InChI=1S/C12H13FN6S/c13-8-5-14-11(15-6-8)18-3-1-10-9(18)2-4-19(10)12-17-16-7-20-12/h5-7,9-10H,1-4H2/t9-,10-/m0/s1. The van der Waals surface area contributed by atoms with E-state index in [4.69, 9.17) is 0 Å². The average molecular weight is 292 g/mol. The van der Waals surface area contributed by atoms with Crippen LogP contribution in [0.1, 0.15) is 12.8 Å². The first-order valence-corrected chi connectivity index (χ1v) is 7.48. The summed E-state index contributed by atoms with van der Waals surface area (Å²) in [7, 11) is 0. The van der Waals surface area contributed by atoms with Crippen molar-refractivity contribution in [2.45, 2.75) is 24.9 Å². The molecule has 4 rings (SSSR count). The van der Waals surface area contributed by atoms with E-state index in [0.717, 1.165) is 31.1 Å². The molecule has 2 aromatic rings. The van der Waals surface area contributed by atoms with Crippen molar-refractivity contribution in [3.63, 3.8) is 0 Å². The van der Waals surface area contributed by atoms with E-state index in [1.165, 1.54) is 12.4 Å². The second-order valence-corrected chi connectivity index (χ2v) is 5.83. The minimum Gasteiger partial charge on any atom is -0.341 e. The van der Waals surface area contributed by atoms with E-state index in [1.807, 2.05) is 0 Å². The summed E-state index contributed by atoms with van der Waals surface area (Å²) < 4.78 is 12.9. The maximum absolute atomic E-state index is 12.9. The van der Waals surface area contributed by atoms with Gasteiger partial charge < -0.3 is 9.80 Å². The van der Waals surface area contributed by atoms with Crippen molar-refractivity contribution in [2.75, 3.05) is 22.9 Å². The van der Waals surface area contributed by atoms with Crippen LogP contribution in [-0.2, 0) is 0 Å². The van der Waals surface area contributed by atoms with Crippen molar-refractivity contribution in [3.8, 4) is 0 Å². The second-order valence-electron chi connectivity index (χ2n) is 5.02. The first-order chi connectivity index (χ1) is 9.83. The largest absolute Gasteiger partial charge is 0.341 e. The van der Waals surface area contributed by atoms with Crippen molar-refractivity contribution >= 4 is 22.4 Å². The van der Waals surface area contributed by atoms with E-state index >= 15 is 0 Å². The van der Waals surface area contributed by atoms with Gasteiger partial charge in [-0.05, 0) is 12.8 Å². The molecule has 2 aliphatic heterocycles. The molecule has 0 spiro atoms. The SMILES string of the molecule is Fc1cnc(N2CC[C@H]3[C@@H]2CCN3c2nncs2)nc1. The molecule has 4 heterocycles. The third-order valence-corrected chi connectivity index (χ3v) is 4.76. The van der Waals surface area contributed by atoms with Crippen LogP contribution in [0.25, 0.3) is 0 Å². The van der Waals surface area contributed by atoms with Crippen LogP contribution >= 0.6 is 11.3 Å². The Morgan fingerprint density at radius 1 is 1.10 bits per heavy atom. The zero-order chi connectivity index (χ0) is 13.5. The molecule has 2 saturated heterocycles. The molecule has 0 aliphatic carbocycles. The Morgan fingerprint density at radius 2 is 1.80 bits per heavy atom. The van der Waals surface area contributed by atoms with Gasteiger partial charge >= 0.3 is 0 Å². The maximum Gasteiger partial charge on any atom is 0.225 e. The molecule has 0 saturated carbocycles. The van der Waals surface area contributed by atoms with Crippen LogP contribution in [0.2, 0.25) is 0 Å². The highest BCUT2D eigenvalue weighted by Crippen LogP contribution is 2.36. The summed E-state index contributed by atoms with van der Waals surface area (Å²) in [6, 6.07) is 0.806. The monoisotopic (exact) mass is 292 g/mol. The molecule has 2 atom stereocenters. The normalized spacial score (nSPS) is 25.2. The lowest BCUT2D eigenvalue weighted by atomic mass is 10.1. The molecule has 8 heteroatoms. The van der Waals surface area contributed by atoms with E-state index in [0.29, 0.717) is 18.0 Å². The lowest BCUT2D eigenvalue weighted by Crippen LogP contribution is -2.37. The zero-order valence-corrected chi connectivity index (χ0v) is 11.5. The van der Waals surface area contributed by atoms with Crippen LogP contribution in [0.3, 0.4) is 0 Å². The lowest BCUT2D eigenvalue weighted by molar-refractivity contribution is 0.604. The summed E-state index contributed by atoms with van der Waals surface area (Å²) >= 11 is 1.57. The molecule has 20 heavy (non-hydrogen) atoms. The first kappa shape index (κ1) is 12.0. The van der Waals surface area contributed by atoms with Gasteiger partial charge in [0.2, 0.25) is 11.1 Å². The fourth-order valence-corrected chi connectivity index (χ4v) is 3.86. The molecule has 104 valence electrons. The molecule has 0 aromatic carbocycles. The number of halogens is 1. The van der Waals surface area contributed by atoms with Crippen molar-refractivity contribution in [1.82, 2.24) is 20.2 Å². The Kier molecular flexibility index (Phi) is 2.76. The summed E-state index contributed by atoms with van der Waals surface area (Å²) in [5, 5.41) is 9.06. The molecular weight excluding hydrogens is 279 g/mol. The van der Waals surface area contributed by atoms with Gasteiger partial charge in [0, 0.05) is 13.1 Å². The molecule has 0 radical (unpaired) electrons.